The van der Waals surface area contributed by atoms with Crippen LogP contribution in [0.25, 0.3) is 0 Å². The van der Waals surface area contributed by atoms with Crippen LogP contribution in [0.15, 0.2) is 12.2 Å². The molecule has 102 valence electrons. The average Bonchev–Trinajstić information content (AvgIpc) is 2.90. The molecule has 2 heterocycles. The van der Waals surface area contributed by atoms with Gasteiger partial charge in [0.1, 0.15) is 6.10 Å². The first kappa shape index (κ1) is 13.6. The van der Waals surface area contributed by atoms with Crippen LogP contribution in [0.4, 0.5) is 0 Å². The van der Waals surface area contributed by atoms with Gasteiger partial charge in [-0.3, -0.25) is 4.79 Å². The Kier molecular flexibility index (Phi) is 4.78. The monoisotopic (exact) mass is 254 g/mol. The van der Waals surface area contributed by atoms with Crippen LogP contribution in [0.2, 0.25) is 0 Å². The minimum atomic E-state index is -0.0769. The summed E-state index contributed by atoms with van der Waals surface area (Å²) in [6.45, 7) is 4.28. The molecule has 0 spiro atoms. The number of carbonyl (C=O) groups is 1. The van der Waals surface area contributed by atoms with Crippen molar-refractivity contribution < 1.29 is 19.4 Å². The second-order valence-electron chi connectivity index (χ2n) is 5.20. The summed E-state index contributed by atoms with van der Waals surface area (Å²) in [6, 6.07) is 0. The first-order valence-electron chi connectivity index (χ1n) is 6.82. The lowest BCUT2D eigenvalue weighted by Crippen LogP contribution is -2.15. The summed E-state index contributed by atoms with van der Waals surface area (Å²) >= 11 is 0. The maximum Gasteiger partial charge on any atom is 0.306 e. The van der Waals surface area contributed by atoms with E-state index in [1.54, 1.807) is 0 Å². The molecule has 0 aliphatic carbocycles. The van der Waals surface area contributed by atoms with E-state index in [9.17, 15) is 4.79 Å². The van der Waals surface area contributed by atoms with E-state index in [0.717, 1.165) is 44.1 Å². The molecule has 2 aliphatic heterocycles. The van der Waals surface area contributed by atoms with Gasteiger partial charge in [0, 0.05) is 13.0 Å². The van der Waals surface area contributed by atoms with Gasteiger partial charge < -0.3 is 14.6 Å². The molecule has 0 saturated carbocycles. The molecule has 0 amide bonds. The van der Waals surface area contributed by atoms with E-state index in [1.165, 1.54) is 0 Å². The van der Waals surface area contributed by atoms with Crippen molar-refractivity contribution in [1.29, 1.82) is 0 Å². The highest BCUT2D eigenvalue weighted by molar-refractivity contribution is 5.71. The van der Waals surface area contributed by atoms with E-state index < -0.39 is 0 Å². The van der Waals surface area contributed by atoms with Gasteiger partial charge in [-0.1, -0.05) is 6.58 Å². The van der Waals surface area contributed by atoms with Gasteiger partial charge in [0.2, 0.25) is 0 Å². The average molecular weight is 254 g/mol. The van der Waals surface area contributed by atoms with Crippen LogP contribution in [0.1, 0.15) is 44.9 Å². The van der Waals surface area contributed by atoms with E-state index >= 15 is 0 Å². The number of aliphatic hydroxyl groups is 1. The first-order chi connectivity index (χ1) is 8.69. The van der Waals surface area contributed by atoms with E-state index in [0.29, 0.717) is 6.42 Å². The van der Waals surface area contributed by atoms with E-state index in [4.69, 9.17) is 14.6 Å². The number of cyclic esters (lactones) is 1. The Morgan fingerprint density at radius 3 is 2.78 bits per heavy atom. The Labute approximate surface area is 108 Å². The zero-order chi connectivity index (χ0) is 13.0. The van der Waals surface area contributed by atoms with Crippen LogP contribution in [0.3, 0.4) is 0 Å². The lowest BCUT2D eigenvalue weighted by molar-refractivity contribution is -0.141. The van der Waals surface area contributed by atoms with Crippen molar-refractivity contribution in [1.82, 2.24) is 0 Å². The SMILES string of the molecule is C=C1CC(CCCO)O[C@H]1CCC1CCC(=O)O1. The highest BCUT2D eigenvalue weighted by atomic mass is 16.5. The van der Waals surface area contributed by atoms with Crippen molar-refractivity contribution in [3.8, 4) is 0 Å². The Morgan fingerprint density at radius 2 is 2.11 bits per heavy atom. The van der Waals surface area contributed by atoms with Crippen molar-refractivity contribution in [3.05, 3.63) is 12.2 Å². The highest BCUT2D eigenvalue weighted by Gasteiger charge is 2.30. The molecule has 3 atom stereocenters. The molecule has 0 aromatic carbocycles. The fourth-order valence-corrected chi connectivity index (χ4v) is 2.68. The van der Waals surface area contributed by atoms with Crippen molar-refractivity contribution >= 4 is 5.97 Å². The second-order valence-corrected chi connectivity index (χ2v) is 5.20. The van der Waals surface area contributed by atoms with Gasteiger partial charge in [0.15, 0.2) is 0 Å². The van der Waals surface area contributed by atoms with Gasteiger partial charge in [0.25, 0.3) is 0 Å². The number of esters is 1. The van der Waals surface area contributed by atoms with Crippen LogP contribution in [0, 0.1) is 0 Å². The zero-order valence-electron chi connectivity index (χ0n) is 10.8. The molecule has 2 rings (SSSR count). The predicted octanol–water partition coefficient (Wildman–Crippen LogP) is 1.96. The van der Waals surface area contributed by atoms with Gasteiger partial charge >= 0.3 is 5.97 Å². The van der Waals surface area contributed by atoms with Gasteiger partial charge in [-0.25, -0.2) is 0 Å². The summed E-state index contributed by atoms with van der Waals surface area (Å²) in [5.41, 5.74) is 1.14. The molecule has 1 N–H and O–H groups in total. The molecule has 2 aliphatic rings. The minimum Gasteiger partial charge on any atom is -0.462 e. The third kappa shape index (κ3) is 3.56. The third-order valence-corrected chi connectivity index (χ3v) is 3.71. The van der Waals surface area contributed by atoms with E-state index in [2.05, 4.69) is 6.58 Å². The fourth-order valence-electron chi connectivity index (χ4n) is 2.68. The number of carbonyl (C=O) groups excluding carboxylic acids is 1. The smallest absolute Gasteiger partial charge is 0.306 e. The molecule has 18 heavy (non-hydrogen) atoms. The van der Waals surface area contributed by atoms with Crippen LogP contribution in [-0.2, 0) is 14.3 Å². The standard InChI is InChI=1S/C14H22O4/c1-10-9-12(3-2-8-15)17-13(10)6-4-11-5-7-14(16)18-11/h11-13,15H,1-9H2/t11?,12?,13-/m0/s1. The van der Waals surface area contributed by atoms with E-state index in [1.807, 2.05) is 0 Å². The van der Waals surface area contributed by atoms with Gasteiger partial charge in [-0.2, -0.15) is 0 Å². The summed E-state index contributed by atoms with van der Waals surface area (Å²) in [5.74, 6) is -0.0769. The molecule has 2 unspecified atom stereocenters. The summed E-state index contributed by atoms with van der Waals surface area (Å²) in [6.07, 6.45) is 6.10. The number of ether oxygens (including phenoxy) is 2. The highest BCUT2D eigenvalue weighted by Crippen LogP contribution is 2.31. The van der Waals surface area contributed by atoms with E-state index in [-0.39, 0.29) is 30.9 Å². The molecular formula is C14H22O4. The maximum atomic E-state index is 11.0. The molecule has 4 heteroatoms. The lowest BCUT2D eigenvalue weighted by Gasteiger charge is -2.15. The topological polar surface area (TPSA) is 55.8 Å². The summed E-state index contributed by atoms with van der Waals surface area (Å²) in [7, 11) is 0. The summed E-state index contributed by atoms with van der Waals surface area (Å²) in [5, 5.41) is 8.80. The zero-order valence-corrected chi connectivity index (χ0v) is 10.8. The molecule has 2 saturated heterocycles. The number of aliphatic hydroxyl groups excluding tert-OH is 1. The Morgan fingerprint density at radius 1 is 1.28 bits per heavy atom. The first-order valence-corrected chi connectivity index (χ1v) is 6.82. The molecule has 4 nitrogen and oxygen atoms in total. The minimum absolute atomic E-state index is 0.0744. The van der Waals surface area contributed by atoms with Crippen molar-refractivity contribution in [2.24, 2.45) is 0 Å². The molecular weight excluding hydrogens is 232 g/mol. The van der Waals surface area contributed by atoms with Gasteiger partial charge in [-0.15, -0.1) is 0 Å². The van der Waals surface area contributed by atoms with Crippen molar-refractivity contribution in [2.75, 3.05) is 6.61 Å². The normalized spacial score (nSPS) is 31.9. The lowest BCUT2D eigenvalue weighted by atomic mass is 10.0. The second kappa shape index (κ2) is 6.34. The largest absolute Gasteiger partial charge is 0.462 e. The summed E-state index contributed by atoms with van der Waals surface area (Å²) in [4.78, 5) is 11.0. The number of hydrogen-bond donors (Lipinski definition) is 1. The maximum absolute atomic E-state index is 11.0. The van der Waals surface area contributed by atoms with Crippen LogP contribution < -0.4 is 0 Å². The summed E-state index contributed by atoms with van der Waals surface area (Å²) < 4.78 is 11.1. The molecule has 0 radical (unpaired) electrons. The molecule has 0 aromatic heterocycles. The van der Waals surface area contributed by atoms with Gasteiger partial charge in [-0.05, 0) is 44.1 Å². The third-order valence-electron chi connectivity index (χ3n) is 3.71. The molecule has 0 aromatic rings. The van der Waals surface area contributed by atoms with Crippen molar-refractivity contribution in [3.63, 3.8) is 0 Å². The molecule has 2 fully saturated rings. The van der Waals surface area contributed by atoms with Crippen LogP contribution >= 0.6 is 0 Å². The van der Waals surface area contributed by atoms with Crippen molar-refractivity contribution in [2.45, 2.75) is 63.3 Å². The Bertz CT molecular complexity index is 313. The Balaban J connectivity index is 1.69. The van der Waals surface area contributed by atoms with Crippen LogP contribution in [0.5, 0.6) is 0 Å². The Hall–Kier alpha value is -0.870. The van der Waals surface area contributed by atoms with Gasteiger partial charge in [0.05, 0.1) is 12.2 Å². The quantitative estimate of drug-likeness (QED) is 0.581. The fraction of sp³-hybridized carbons (Fsp3) is 0.786. The van der Waals surface area contributed by atoms with Crippen LogP contribution in [-0.4, -0.2) is 36.0 Å². The molecule has 0 bridgehead atoms. The predicted molar refractivity (Wildman–Crippen MR) is 67.1 cm³/mol. The number of rotatable bonds is 6. The number of hydrogen-bond acceptors (Lipinski definition) is 4.